The molecule has 7 heteroatoms. The number of hydrogen-bond acceptors (Lipinski definition) is 4. The topological polar surface area (TPSA) is 45.7 Å². The summed E-state index contributed by atoms with van der Waals surface area (Å²) in [6.07, 6.45) is 0. The first-order valence-electron chi connectivity index (χ1n) is 9.44. The highest BCUT2D eigenvalue weighted by Crippen LogP contribution is 2.26. The van der Waals surface area contributed by atoms with Gasteiger partial charge in [-0.05, 0) is 30.3 Å². The lowest BCUT2D eigenvalue weighted by atomic mass is 10.1. The Bertz CT molecular complexity index is 1050. The number of amides is 1. The summed E-state index contributed by atoms with van der Waals surface area (Å²) >= 11 is 0. The van der Waals surface area contributed by atoms with Crippen molar-refractivity contribution in [3.8, 4) is 5.75 Å². The monoisotopic (exact) mass is 397 g/mol. The second-order valence-electron chi connectivity index (χ2n) is 7.03. The van der Waals surface area contributed by atoms with E-state index in [1.165, 1.54) is 24.3 Å². The minimum atomic E-state index is -0.496. The van der Waals surface area contributed by atoms with E-state index in [1.54, 1.807) is 30.2 Å². The number of hydrogen-bond donors (Lipinski definition) is 0. The lowest BCUT2D eigenvalue weighted by molar-refractivity contribution is 0.0622. The SMILES string of the molecule is COc1cc(CN2CCN(C(=O)c3ccccc3F)CC2)nc2ccc(F)cc12. The second-order valence-corrected chi connectivity index (χ2v) is 7.03. The van der Waals surface area contributed by atoms with Crippen molar-refractivity contribution in [3.63, 3.8) is 0 Å². The molecule has 1 saturated heterocycles. The third-order valence-corrected chi connectivity index (χ3v) is 5.16. The van der Waals surface area contributed by atoms with E-state index < -0.39 is 5.82 Å². The first-order valence-corrected chi connectivity index (χ1v) is 9.44. The number of piperazine rings is 1. The number of methoxy groups -OCH3 is 1. The van der Waals surface area contributed by atoms with Crippen LogP contribution in [0.4, 0.5) is 8.78 Å². The van der Waals surface area contributed by atoms with Crippen LogP contribution in [-0.4, -0.2) is 54.0 Å². The molecule has 0 radical (unpaired) electrons. The molecule has 0 bridgehead atoms. The Labute approximate surface area is 167 Å². The van der Waals surface area contributed by atoms with Crippen molar-refractivity contribution in [2.75, 3.05) is 33.3 Å². The summed E-state index contributed by atoms with van der Waals surface area (Å²) in [5.41, 5.74) is 1.60. The molecule has 0 N–H and O–H groups in total. The molecule has 150 valence electrons. The summed E-state index contributed by atoms with van der Waals surface area (Å²) in [4.78, 5) is 21.0. The van der Waals surface area contributed by atoms with Crippen LogP contribution in [0.1, 0.15) is 16.1 Å². The van der Waals surface area contributed by atoms with Gasteiger partial charge < -0.3 is 9.64 Å². The molecule has 0 spiro atoms. The van der Waals surface area contributed by atoms with E-state index in [9.17, 15) is 13.6 Å². The molecular formula is C22H21F2N3O2. The molecule has 0 saturated carbocycles. The van der Waals surface area contributed by atoms with Crippen LogP contribution in [0.5, 0.6) is 5.75 Å². The molecule has 1 aliphatic rings. The van der Waals surface area contributed by atoms with Gasteiger partial charge >= 0.3 is 0 Å². The minimum absolute atomic E-state index is 0.106. The molecule has 0 atom stereocenters. The molecule has 1 aliphatic heterocycles. The van der Waals surface area contributed by atoms with Gasteiger partial charge in [0.2, 0.25) is 0 Å². The standard InChI is InChI=1S/C22H21F2N3O2/c1-29-21-13-16(25-20-7-6-15(23)12-18(20)21)14-26-8-10-27(11-9-26)22(28)17-4-2-3-5-19(17)24/h2-7,12-13H,8-11,14H2,1H3. The maximum Gasteiger partial charge on any atom is 0.256 e. The molecule has 1 fully saturated rings. The largest absolute Gasteiger partial charge is 0.496 e. The minimum Gasteiger partial charge on any atom is -0.496 e. The Hall–Kier alpha value is -3.06. The van der Waals surface area contributed by atoms with Crippen molar-refractivity contribution < 1.29 is 18.3 Å². The number of carbonyl (C=O) groups is 1. The van der Waals surface area contributed by atoms with Gasteiger partial charge in [0.25, 0.3) is 5.91 Å². The van der Waals surface area contributed by atoms with Gasteiger partial charge in [0.15, 0.2) is 0 Å². The number of rotatable bonds is 4. The van der Waals surface area contributed by atoms with E-state index in [2.05, 4.69) is 9.88 Å². The predicted octanol–water partition coefficient (Wildman–Crippen LogP) is 3.48. The summed E-state index contributed by atoms with van der Waals surface area (Å²) in [6, 6.07) is 12.3. The van der Waals surface area contributed by atoms with Crippen LogP contribution in [-0.2, 0) is 6.54 Å². The summed E-state index contributed by atoms with van der Waals surface area (Å²) in [5, 5.41) is 0.636. The van der Waals surface area contributed by atoms with Gasteiger partial charge in [-0.2, -0.15) is 0 Å². The number of nitrogens with zero attached hydrogens (tertiary/aromatic N) is 3. The first kappa shape index (κ1) is 19.3. The Morgan fingerprint density at radius 1 is 1.07 bits per heavy atom. The fourth-order valence-corrected chi connectivity index (χ4v) is 3.61. The Morgan fingerprint density at radius 3 is 2.55 bits per heavy atom. The van der Waals surface area contributed by atoms with Gasteiger partial charge in [-0.15, -0.1) is 0 Å². The lowest BCUT2D eigenvalue weighted by Gasteiger charge is -2.34. The number of aromatic nitrogens is 1. The zero-order valence-electron chi connectivity index (χ0n) is 16.1. The van der Waals surface area contributed by atoms with Crippen molar-refractivity contribution in [2.24, 2.45) is 0 Å². The normalized spacial score (nSPS) is 14.9. The third kappa shape index (κ3) is 4.05. The van der Waals surface area contributed by atoms with Gasteiger partial charge in [0.05, 0.1) is 23.9 Å². The van der Waals surface area contributed by atoms with Crippen LogP contribution >= 0.6 is 0 Å². The summed E-state index contributed by atoms with van der Waals surface area (Å²) in [6.45, 7) is 2.94. The van der Waals surface area contributed by atoms with Crippen molar-refractivity contribution >= 4 is 16.8 Å². The second kappa shape index (κ2) is 8.13. The molecule has 1 amide bonds. The fourth-order valence-electron chi connectivity index (χ4n) is 3.61. The highest BCUT2D eigenvalue weighted by molar-refractivity contribution is 5.94. The average Bonchev–Trinajstić information content (AvgIpc) is 2.74. The van der Waals surface area contributed by atoms with Crippen molar-refractivity contribution in [1.82, 2.24) is 14.8 Å². The number of fused-ring (bicyclic) bond motifs is 1. The zero-order chi connectivity index (χ0) is 20.4. The van der Waals surface area contributed by atoms with Gasteiger partial charge in [0, 0.05) is 44.2 Å². The van der Waals surface area contributed by atoms with E-state index >= 15 is 0 Å². The summed E-state index contributed by atoms with van der Waals surface area (Å²) < 4.78 is 32.8. The molecule has 0 unspecified atom stereocenters. The molecule has 29 heavy (non-hydrogen) atoms. The van der Waals surface area contributed by atoms with Crippen LogP contribution in [0, 0.1) is 11.6 Å². The smallest absolute Gasteiger partial charge is 0.256 e. The summed E-state index contributed by atoms with van der Waals surface area (Å²) in [5.74, 6) is -0.530. The van der Waals surface area contributed by atoms with E-state index in [0.717, 1.165) is 5.69 Å². The molecule has 3 aromatic rings. The van der Waals surface area contributed by atoms with Gasteiger partial charge in [-0.1, -0.05) is 12.1 Å². The maximum atomic E-state index is 13.9. The lowest BCUT2D eigenvalue weighted by Crippen LogP contribution is -2.48. The maximum absolute atomic E-state index is 13.9. The van der Waals surface area contributed by atoms with Gasteiger partial charge in [0.1, 0.15) is 17.4 Å². The van der Waals surface area contributed by atoms with Crippen LogP contribution in [0.15, 0.2) is 48.5 Å². The van der Waals surface area contributed by atoms with E-state index in [0.29, 0.717) is 49.4 Å². The van der Waals surface area contributed by atoms with Crippen LogP contribution in [0.25, 0.3) is 10.9 Å². The predicted molar refractivity (Wildman–Crippen MR) is 106 cm³/mol. The average molecular weight is 397 g/mol. The highest BCUT2D eigenvalue weighted by atomic mass is 19.1. The van der Waals surface area contributed by atoms with Gasteiger partial charge in [-0.3, -0.25) is 14.7 Å². The number of carbonyl (C=O) groups excluding carboxylic acids is 1. The molecule has 4 rings (SSSR count). The van der Waals surface area contributed by atoms with Crippen molar-refractivity contribution in [2.45, 2.75) is 6.54 Å². The molecule has 0 aliphatic carbocycles. The van der Waals surface area contributed by atoms with Crippen LogP contribution in [0.3, 0.4) is 0 Å². The number of ether oxygens (including phenoxy) is 1. The number of halogens is 2. The van der Waals surface area contributed by atoms with E-state index in [-0.39, 0.29) is 17.3 Å². The Morgan fingerprint density at radius 2 is 1.83 bits per heavy atom. The number of benzene rings is 2. The van der Waals surface area contributed by atoms with E-state index in [4.69, 9.17) is 4.74 Å². The van der Waals surface area contributed by atoms with Crippen molar-refractivity contribution in [1.29, 1.82) is 0 Å². The van der Waals surface area contributed by atoms with Crippen LogP contribution in [0.2, 0.25) is 0 Å². The number of pyridine rings is 1. The fraction of sp³-hybridized carbons (Fsp3) is 0.273. The highest BCUT2D eigenvalue weighted by Gasteiger charge is 2.24. The Kier molecular flexibility index (Phi) is 5.40. The quantitative estimate of drug-likeness (QED) is 0.676. The van der Waals surface area contributed by atoms with E-state index in [1.807, 2.05) is 6.07 Å². The molecule has 2 aromatic carbocycles. The molecule has 2 heterocycles. The first-order chi connectivity index (χ1) is 14.0. The molecular weight excluding hydrogens is 376 g/mol. The summed E-state index contributed by atoms with van der Waals surface area (Å²) in [7, 11) is 1.55. The van der Waals surface area contributed by atoms with Crippen LogP contribution < -0.4 is 4.74 Å². The third-order valence-electron chi connectivity index (χ3n) is 5.16. The molecule has 5 nitrogen and oxygen atoms in total. The molecule has 1 aromatic heterocycles. The Balaban J connectivity index is 1.44. The van der Waals surface area contributed by atoms with Gasteiger partial charge in [-0.25, -0.2) is 8.78 Å². The zero-order valence-corrected chi connectivity index (χ0v) is 16.1. The van der Waals surface area contributed by atoms with Crippen molar-refractivity contribution in [3.05, 3.63) is 71.4 Å².